The maximum Gasteiger partial charge on any atom is 0.236 e. The van der Waals surface area contributed by atoms with Crippen LogP contribution in [0, 0.1) is 0 Å². The van der Waals surface area contributed by atoms with Gasteiger partial charge in [0.15, 0.2) is 5.16 Å². The van der Waals surface area contributed by atoms with Crippen LogP contribution in [0.4, 0.5) is 5.69 Å². The van der Waals surface area contributed by atoms with Crippen molar-refractivity contribution in [3.63, 3.8) is 0 Å². The number of nitrogens with zero attached hydrogens (tertiary/aromatic N) is 2. The van der Waals surface area contributed by atoms with E-state index in [0.717, 1.165) is 57.0 Å². The van der Waals surface area contributed by atoms with Gasteiger partial charge in [0.05, 0.1) is 11.6 Å². The van der Waals surface area contributed by atoms with Crippen LogP contribution in [0.5, 0.6) is 11.5 Å². The van der Waals surface area contributed by atoms with Gasteiger partial charge < -0.3 is 14.6 Å². The summed E-state index contributed by atoms with van der Waals surface area (Å²) < 4.78 is 8.20. The second kappa shape index (κ2) is 7.32. The quantitative estimate of drug-likeness (QED) is 0.469. The Morgan fingerprint density at radius 2 is 1.65 bits per heavy atom. The molecule has 4 aromatic rings. The third kappa shape index (κ3) is 3.20. The molecule has 0 spiro atoms. The third-order valence-corrected chi connectivity index (χ3v) is 6.66. The van der Waals surface area contributed by atoms with Crippen LogP contribution in [-0.4, -0.2) is 21.2 Å². The molecule has 0 unspecified atom stereocenters. The molecule has 2 aliphatic heterocycles. The Kier molecular flexibility index (Phi) is 4.32. The molecular weight excluding hydrogens is 406 g/mol. The number of fused-ring (bicyclic) bond motifs is 3. The number of aryl methyl sites for hydroxylation is 1. The summed E-state index contributed by atoms with van der Waals surface area (Å²) in [6, 6.07) is 23.3. The zero-order valence-corrected chi connectivity index (χ0v) is 17.4. The Balaban J connectivity index is 1.27. The van der Waals surface area contributed by atoms with Gasteiger partial charge in [0.1, 0.15) is 11.5 Å². The van der Waals surface area contributed by atoms with E-state index in [2.05, 4.69) is 16.1 Å². The number of para-hydroxylation sites is 2. The van der Waals surface area contributed by atoms with Gasteiger partial charge in [-0.2, -0.15) is 0 Å². The number of hydrogen-bond donors (Lipinski definition) is 1. The number of carbonyl (C=O) groups excluding carboxylic acids is 1. The van der Waals surface area contributed by atoms with E-state index in [9.17, 15) is 4.79 Å². The van der Waals surface area contributed by atoms with Crippen LogP contribution < -0.4 is 10.1 Å². The van der Waals surface area contributed by atoms with Crippen molar-refractivity contribution in [2.24, 2.45) is 0 Å². The van der Waals surface area contributed by atoms with Crippen LogP contribution in [0.3, 0.4) is 0 Å². The summed E-state index contributed by atoms with van der Waals surface area (Å²) >= 11 is 1.78. The summed E-state index contributed by atoms with van der Waals surface area (Å²) in [7, 11) is 0. The second-order valence-electron chi connectivity index (χ2n) is 7.63. The number of anilines is 1. The molecule has 2 aliphatic rings. The maximum absolute atomic E-state index is 13.4. The lowest BCUT2D eigenvalue weighted by Gasteiger charge is -2.27. The Hall–Kier alpha value is -3.51. The Bertz CT molecular complexity index is 1230. The maximum atomic E-state index is 13.4. The van der Waals surface area contributed by atoms with Gasteiger partial charge in [0, 0.05) is 40.9 Å². The molecule has 0 bridgehead atoms. The highest BCUT2D eigenvalue weighted by Gasteiger charge is 2.32. The molecule has 152 valence electrons. The molecule has 0 aliphatic carbocycles. The second-order valence-corrected chi connectivity index (χ2v) is 8.69. The van der Waals surface area contributed by atoms with Gasteiger partial charge >= 0.3 is 0 Å². The van der Waals surface area contributed by atoms with E-state index in [1.54, 1.807) is 11.8 Å². The van der Waals surface area contributed by atoms with E-state index in [4.69, 9.17) is 9.72 Å². The molecule has 0 radical (unpaired) electrons. The topological polar surface area (TPSA) is 56.2 Å². The summed E-state index contributed by atoms with van der Waals surface area (Å²) in [4.78, 5) is 18.1. The first kappa shape index (κ1) is 18.3. The number of benzene rings is 3. The first-order valence-electron chi connectivity index (χ1n) is 10.2. The van der Waals surface area contributed by atoms with Crippen molar-refractivity contribution in [3.05, 3.63) is 90.1 Å². The monoisotopic (exact) mass is 425 g/mol. The van der Waals surface area contributed by atoms with Crippen molar-refractivity contribution in [2.45, 2.75) is 17.6 Å². The number of rotatable bonds is 3. The highest BCUT2D eigenvalue weighted by Crippen LogP contribution is 2.44. The first-order valence-corrected chi connectivity index (χ1v) is 11.2. The summed E-state index contributed by atoms with van der Waals surface area (Å²) in [5.74, 6) is 2.04. The minimum Gasteiger partial charge on any atom is -0.457 e. The van der Waals surface area contributed by atoms with Gasteiger partial charge in [-0.3, -0.25) is 4.79 Å². The van der Waals surface area contributed by atoms with E-state index >= 15 is 0 Å². The number of ether oxygens (including phenoxy) is 1. The van der Waals surface area contributed by atoms with Gasteiger partial charge in [0.25, 0.3) is 0 Å². The van der Waals surface area contributed by atoms with Gasteiger partial charge in [-0.1, -0.05) is 60.3 Å². The summed E-state index contributed by atoms with van der Waals surface area (Å²) in [5.41, 5.74) is 4.52. The molecule has 6 heteroatoms. The smallest absolute Gasteiger partial charge is 0.236 e. The number of aromatic nitrogens is 2. The molecule has 0 atom stereocenters. The standard InChI is InChI=1S/C25H19N3O2S/c29-24(23-18-5-1-3-7-21(18)30-22-8-4-2-6-19(22)23)26-17-11-9-16(10-12-17)20-15-28-13-14-31-25(28)27-20/h1-12,15,23H,13-14H2,(H,26,29). The molecule has 0 saturated carbocycles. The Morgan fingerprint density at radius 1 is 0.968 bits per heavy atom. The number of carbonyl (C=O) groups is 1. The SMILES string of the molecule is O=C(Nc1ccc(-c2cn3c(n2)SCC3)cc1)C1c2ccccc2Oc2ccccc21. The lowest BCUT2D eigenvalue weighted by Crippen LogP contribution is -2.25. The van der Waals surface area contributed by atoms with E-state index in [1.807, 2.05) is 72.8 Å². The van der Waals surface area contributed by atoms with Gasteiger partial charge in [-0.05, 0) is 24.3 Å². The molecule has 1 amide bonds. The number of thioether (sulfide) groups is 1. The highest BCUT2D eigenvalue weighted by atomic mass is 32.2. The number of hydrogen-bond acceptors (Lipinski definition) is 4. The Labute approximate surface area is 184 Å². The molecule has 1 aromatic heterocycles. The van der Waals surface area contributed by atoms with Crippen LogP contribution in [-0.2, 0) is 11.3 Å². The lowest BCUT2D eigenvalue weighted by molar-refractivity contribution is -0.116. The largest absolute Gasteiger partial charge is 0.457 e. The predicted octanol–water partition coefficient (Wildman–Crippen LogP) is 5.53. The van der Waals surface area contributed by atoms with Crippen molar-refractivity contribution in [1.29, 1.82) is 0 Å². The van der Waals surface area contributed by atoms with Crippen LogP contribution in [0.25, 0.3) is 11.3 Å². The van der Waals surface area contributed by atoms with E-state index < -0.39 is 5.92 Å². The fourth-order valence-electron chi connectivity index (χ4n) is 4.18. The van der Waals surface area contributed by atoms with Crippen LogP contribution in [0.15, 0.2) is 84.1 Å². The molecule has 0 fully saturated rings. The van der Waals surface area contributed by atoms with Crippen molar-refractivity contribution < 1.29 is 9.53 Å². The molecule has 6 rings (SSSR count). The van der Waals surface area contributed by atoms with Crippen LogP contribution >= 0.6 is 11.8 Å². The summed E-state index contributed by atoms with van der Waals surface area (Å²) in [5, 5.41) is 4.16. The zero-order valence-electron chi connectivity index (χ0n) is 16.6. The number of nitrogens with one attached hydrogen (secondary N) is 1. The summed E-state index contributed by atoms with van der Waals surface area (Å²) in [6.45, 7) is 1.01. The average Bonchev–Trinajstić information content (AvgIpc) is 3.40. The molecule has 3 aromatic carbocycles. The zero-order chi connectivity index (χ0) is 20.8. The van der Waals surface area contributed by atoms with Crippen molar-refractivity contribution >= 4 is 23.4 Å². The normalized spacial score (nSPS) is 14.3. The minimum atomic E-state index is -0.422. The average molecular weight is 426 g/mol. The van der Waals surface area contributed by atoms with Crippen molar-refractivity contribution in [3.8, 4) is 22.8 Å². The van der Waals surface area contributed by atoms with Crippen LogP contribution in [0.2, 0.25) is 0 Å². The molecular formula is C25H19N3O2S. The molecule has 1 N–H and O–H groups in total. The lowest BCUT2D eigenvalue weighted by atomic mass is 9.87. The minimum absolute atomic E-state index is 0.0756. The van der Waals surface area contributed by atoms with Crippen molar-refractivity contribution in [1.82, 2.24) is 9.55 Å². The first-order chi connectivity index (χ1) is 15.3. The fraction of sp³-hybridized carbons (Fsp3) is 0.120. The molecule has 3 heterocycles. The van der Waals surface area contributed by atoms with Gasteiger partial charge in [0.2, 0.25) is 5.91 Å². The highest BCUT2D eigenvalue weighted by molar-refractivity contribution is 7.99. The van der Waals surface area contributed by atoms with E-state index in [1.165, 1.54) is 0 Å². The number of imidazole rings is 1. The van der Waals surface area contributed by atoms with Crippen molar-refractivity contribution in [2.75, 3.05) is 11.1 Å². The van der Waals surface area contributed by atoms with Crippen LogP contribution in [0.1, 0.15) is 17.0 Å². The molecule has 5 nitrogen and oxygen atoms in total. The Morgan fingerprint density at radius 3 is 2.32 bits per heavy atom. The van der Waals surface area contributed by atoms with Gasteiger partial charge in [-0.15, -0.1) is 0 Å². The number of amides is 1. The van der Waals surface area contributed by atoms with E-state index in [-0.39, 0.29) is 5.91 Å². The summed E-state index contributed by atoms with van der Waals surface area (Å²) in [6.07, 6.45) is 2.10. The molecule has 0 saturated heterocycles. The van der Waals surface area contributed by atoms with E-state index in [0.29, 0.717) is 0 Å². The third-order valence-electron chi connectivity index (χ3n) is 5.69. The molecule has 31 heavy (non-hydrogen) atoms. The fourth-order valence-corrected chi connectivity index (χ4v) is 5.12. The predicted molar refractivity (Wildman–Crippen MR) is 122 cm³/mol. The van der Waals surface area contributed by atoms with Gasteiger partial charge in [-0.25, -0.2) is 4.98 Å².